The Morgan fingerprint density at radius 3 is 2.58 bits per heavy atom. The summed E-state index contributed by atoms with van der Waals surface area (Å²) in [6.45, 7) is 0. The SMILES string of the molecule is COc1cc(OC)c(NC(=O)c2cc3cccc(Br)c3o2)cc1Cl. The quantitative estimate of drug-likeness (QED) is 0.648. The van der Waals surface area contributed by atoms with Crippen LogP contribution in [0.2, 0.25) is 5.02 Å². The molecule has 0 saturated carbocycles. The number of hydrogen-bond acceptors (Lipinski definition) is 4. The predicted octanol–water partition coefficient (Wildman–Crippen LogP) is 5.12. The zero-order valence-electron chi connectivity index (χ0n) is 12.9. The van der Waals surface area contributed by atoms with Crippen LogP contribution in [0.5, 0.6) is 11.5 Å². The van der Waals surface area contributed by atoms with Crippen molar-refractivity contribution >= 4 is 50.1 Å². The van der Waals surface area contributed by atoms with Crippen molar-refractivity contribution in [3.63, 3.8) is 0 Å². The highest BCUT2D eigenvalue weighted by Gasteiger charge is 2.17. The van der Waals surface area contributed by atoms with Gasteiger partial charge in [-0.3, -0.25) is 4.79 Å². The molecule has 0 bridgehead atoms. The van der Waals surface area contributed by atoms with E-state index in [1.54, 1.807) is 18.2 Å². The summed E-state index contributed by atoms with van der Waals surface area (Å²) >= 11 is 9.51. The molecular formula is C17H13BrClNO4. The molecule has 0 spiro atoms. The number of fused-ring (bicyclic) bond motifs is 1. The number of halogens is 2. The molecule has 24 heavy (non-hydrogen) atoms. The molecule has 1 amide bonds. The van der Waals surface area contributed by atoms with Crippen molar-refractivity contribution in [1.29, 1.82) is 0 Å². The van der Waals surface area contributed by atoms with E-state index in [1.807, 2.05) is 18.2 Å². The van der Waals surface area contributed by atoms with Crippen LogP contribution in [0.4, 0.5) is 5.69 Å². The summed E-state index contributed by atoms with van der Waals surface area (Å²) in [6, 6.07) is 10.4. The molecule has 1 N–H and O–H groups in total. The van der Waals surface area contributed by atoms with Crippen LogP contribution in [-0.2, 0) is 0 Å². The van der Waals surface area contributed by atoms with E-state index in [1.165, 1.54) is 14.2 Å². The maximum absolute atomic E-state index is 12.5. The van der Waals surface area contributed by atoms with Crippen LogP contribution in [0.15, 0.2) is 45.3 Å². The van der Waals surface area contributed by atoms with E-state index < -0.39 is 5.91 Å². The average molecular weight is 411 g/mol. The third kappa shape index (κ3) is 3.07. The van der Waals surface area contributed by atoms with Gasteiger partial charge in [-0.15, -0.1) is 0 Å². The number of carbonyl (C=O) groups excluding carboxylic acids is 1. The lowest BCUT2D eigenvalue weighted by molar-refractivity contribution is 0.0998. The highest BCUT2D eigenvalue weighted by atomic mass is 79.9. The van der Waals surface area contributed by atoms with E-state index in [-0.39, 0.29) is 5.76 Å². The molecular weight excluding hydrogens is 398 g/mol. The Bertz CT molecular complexity index is 922. The van der Waals surface area contributed by atoms with Gasteiger partial charge in [0.1, 0.15) is 17.1 Å². The molecule has 0 aliphatic heterocycles. The van der Waals surface area contributed by atoms with E-state index in [4.69, 9.17) is 25.5 Å². The van der Waals surface area contributed by atoms with E-state index in [0.717, 1.165) is 9.86 Å². The number of ether oxygens (including phenoxy) is 2. The van der Waals surface area contributed by atoms with Crippen molar-refractivity contribution in [3.8, 4) is 11.5 Å². The van der Waals surface area contributed by atoms with Gasteiger partial charge in [0.15, 0.2) is 5.76 Å². The molecule has 0 saturated heterocycles. The Kier molecular flexibility index (Phi) is 4.69. The number of para-hydroxylation sites is 1. The second kappa shape index (κ2) is 6.75. The first-order valence-corrected chi connectivity index (χ1v) is 8.11. The molecule has 124 valence electrons. The zero-order chi connectivity index (χ0) is 17.3. The Hall–Kier alpha value is -2.18. The van der Waals surface area contributed by atoms with Gasteiger partial charge in [-0.1, -0.05) is 23.7 Å². The van der Waals surface area contributed by atoms with E-state index >= 15 is 0 Å². The number of rotatable bonds is 4. The van der Waals surface area contributed by atoms with Crippen LogP contribution in [-0.4, -0.2) is 20.1 Å². The second-order valence-corrected chi connectivity index (χ2v) is 6.17. The summed E-state index contributed by atoms with van der Waals surface area (Å²) in [5.41, 5.74) is 1.04. The number of nitrogens with one attached hydrogen (secondary N) is 1. The number of furan rings is 1. The Balaban J connectivity index is 1.94. The van der Waals surface area contributed by atoms with Gasteiger partial charge in [0.2, 0.25) is 0 Å². The van der Waals surface area contributed by atoms with Crippen molar-refractivity contribution in [2.75, 3.05) is 19.5 Å². The van der Waals surface area contributed by atoms with Crippen LogP contribution < -0.4 is 14.8 Å². The Labute approximate surface area is 151 Å². The summed E-state index contributed by atoms with van der Waals surface area (Å²) in [4.78, 5) is 12.5. The molecule has 3 aromatic rings. The van der Waals surface area contributed by atoms with Crippen LogP contribution in [0.1, 0.15) is 10.6 Å². The highest BCUT2D eigenvalue weighted by molar-refractivity contribution is 9.10. The van der Waals surface area contributed by atoms with Crippen molar-refractivity contribution < 1.29 is 18.7 Å². The zero-order valence-corrected chi connectivity index (χ0v) is 15.2. The minimum Gasteiger partial charge on any atom is -0.495 e. The molecule has 3 rings (SSSR count). The molecule has 7 heteroatoms. The minimum absolute atomic E-state index is 0.186. The largest absolute Gasteiger partial charge is 0.495 e. The first kappa shape index (κ1) is 16.7. The fourth-order valence-electron chi connectivity index (χ4n) is 2.28. The van der Waals surface area contributed by atoms with Crippen LogP contribution in [0, 0.1) is 0 Å². The number of benzene rings is 2. The van der Waals surface area contributed by atoms with Gasteiger partial charge in [-0.25, -0.2) is 0 Å². The monoisotopic (exact) mass is 409 g/mol. The third-order valence-corrected chi connectivity index (χ3v) is 4.36. The Morgan fingerprint density at radius 1 is 1.17 bits per heavy atom. The maximum atomic E-state index is 12.5. The number of carbonyl (C=O) groups is 1. The van der Waals surface area contributed by atoms with Gasteiger partial charge in [0.25, 0.3) is 5.91 Å². The number of methoxy groups -OCH3 is 2. The number of hydrogen-bond donors (Lipinski definition) is 1. The van der Waals surface area contributed by atoms with Gasteiger partial charge in [0.05, 0.1) is 29.4 Å². The Morgan fingerprint density at radius 2 is 1.92 bits per heavy atom. The van der Waals surface area contributed by atoms with Crippen LogP contribution in [0.25, 0.3) is 11.0 Å². The summed E-state index contributed by atoms with van der Waals surface area (Å²) < 4.78 is 16.8. The fraction of sp³-hybridized carbons (Fsp3) is 0.118. The molecule has 1 heterocycles. The van der Waals surface area contributed by atoms with Crippen molar-refractivity contribution in [2.45, 2.75) is 0 Å². The van der Waals surface area contributed by atoms with Gasteiger partial charge < -0.3 is 19.2 Å². The molecule has 0 atom stereocenters. The van der Waals surface area contributed by atoms with Crippen LogP contribution in [0.3, 0.4) is 0 Å². The fourth-order valence-corrected chi connectivity index (χ4v) is 2.98. The van der Waals surface area contributed by atoms with E-state index in [9.17, 15) is 4.79 Å². The predicted molar refractivity (Wildman–Crippen MR) is 96.4 cm³/mol. The molecule has 2 aromatic carbocycles. The highest BCUT2D eigenvalue weighted by Crippen LogP contribution is 2.36. The standard InChI is InChI=1S/C17H13BrClNO4/c1-22-13-8-14(23-2)12(7-11(13)19)20-17(21)15-6-9-4-3-5-10(18)16(9)24-15/h3-8H,1-2H3,(H,20,21). The number of amides is 1. The molecule has 0 fully saturated rings. The van der Waals surface area contributed by atoms with E-state index in [0.29, 0.717) is 27.8 Å². The topological polar surface area (TPSA) is 60.7 Å². The summed E-state index contributed by atoms with van der Waals surface area (Å²) in [5, 5.41) is 3.93. The van der Waals surface area contributed by atoms with Gasteiger partial charge in [-0.2, -0.15) is 0 Å². The van der Waals surface area contributed by atoms with Crippen molar-refractivity contribution in [3.05, 3.63) is 51.7 Å². The summed E-state index contributed by atoms with van der Waals surface area (Å²) in [7, 11) is 3.00. The summed E-state index contributed by atoms with van der Waals surface area (Å²) in [5.74, 6) is 0.671. The first-order chi connectivity index (χ1) is 11.5. The molecule has 1 aromatic heterocycles. The summed E-state index contributed by atoms with van der Waals surface area (Å²) in [6.07, 6.45) is 0. The minimum atomic E-state index is -0.405. The van der Waals surface area contributed by atoms with Crippen LogP contribution >= 0.6 is 27.5 Å². The number of anilines is 1. The maximum Gasteiger partial charge on any atom is 0.291 e. The average Bonchev–Trinajstić information content (AvgIpc) is 3.01. The van der Waals surface area contributed by atoms with Gasteiger partial charge in [-0.05, 0) is 34.1 Å². The lowest BCUT2D eigenvalue weighted by Gasteiger charge is -2.12. The lowest BCUT2D eigenvalue weighted by Crippen LogP contribution is -2.11. The molecule has 0 aliphatic rings. The smallest absolute Gasteiger partial charge is 0.291 e. The molecule has 0 unspecified atom stereocenters. The molecule has 0 radical (unpaired) electrons. The van der Waals surface area contributed by atoms with Crippen molar-refractivity contribution in [1.82, 2.24) is 0 Å². The van der Waals surface area contributed by atoms with Crippen molar-refractivity contribution in [2.24, 2.45) is 0 Å². The molecule has 0 aliphatic carbocycles. The van der Waals surface area contributed by atoms with Gasteiger partial charge in [0, 0.05) is 11.5 Å². The first-order valence-electron chi connectivity index (χ1n) is 6.94. The molecule has 5 nitrogen and oxygen atoms in total. The normalized spacial score (nSPS) is 10.7. The third-order valence-electron chi connectivity index (χ3n) is 3.44. The van der Waals surface area contributed by atoms with E-state index in [2.05, 4.69) is 21.2 Å². The second-order valence-electron chi connectivity index (χ2n) is 4.91. The lowest BCUT2D eigenvalue weighted by atomic mass is 10.2. The van der Waals surface area contributed by atoms with Gasteiger partial charge >= 0.3 is 0 Å².